The smallest absolute Gasteiger partial charge is 0.328 e. The van der Waals surface area contributed by atoms with E-state index in [0.29, 0.717) is 5.71 Å². The zero-order chi connectivity index (χ0) is 22.9. The fourth-order valence-electron chi connectivity index (χ4n) is 3.31. The van der Waals surface area contributed by atoms with Gasteiger partial charge in [0.25, 0.3) is 0 Å². The molecule has 0 radical (unpaired) electrons. The summed E-state index contributed by atoms with van der Waals surface area (Å²) in [7, 11) is 0. The summed E-state index contributed by atoms with van der Waals surface area (Å²) >= 11 is 0. The Morgan fingerprint density at radius 2 is 1.45 bits per heavy atom. The maximum atomic E-state index is 12.5. The van der Waals surface area contributed by atoms with Crippen molar-refractivity contribution < 1.29 is 19.4 Å². The average molecular weight is 424 g/mol. The van der Waals surface area contributed by atoms with Gasteiger partial charge in [-0.2, -0.15) is 0 Å². The zero-order valence-corrected chi connectivity index (χ0v) is 18.9. The van der Waals surface area contributed by atoms with Crippen molar-refractivity contribution in [3.8, 4) is 0 Å². The molecule has 5 nitrogen and oxygen atoms in total. The van der Waals surface area contributed by atoms with Gasteiger partial charge in [-0.05, 0) is 18.3 Å². The number of ether oxygens (including phenoxy) is 1. The van der Waals surface area contributed by atoms with E-state index in [1.54, 1.807) is 0 Å². The second kappa shape index (κ2) is 11.4. The van der Waals surface area contributed by atoms with Crippen molar-refractivity contribution in [3.63, 3.8) is 0 Å². The van der Waals surface area contributed by atoms with Gasteiger partial charge in [0.1, 0.15) is 12.1 Å². The van der Waals surface area contributed by atoms with E-state index >= 15 is 0 Å². The minimum Gasteiger partial charge on any atom is -0.480 e. The van der Waals surface area contributed by atoms with E-state index in [1.165, 1.54) is 0 Å². The van der Waals surface area contributed by atoms with Crippen LogP contribution in [0.4, 0.5) is 0 Å². The van der Waals surface area contributed by atoms with Crippen LogP contribution in [0.3, 0.4) is 0 Å². The Morgan fingerprint density at radius 1 is 0.935 bits per heavy atom. The lowest BCUT2D eigenvalue weighted by Gasteiger charge is -2.30. The molecule has 2 aromatic carbocycles. The standard InChI is InChI=1S/C26H33NO4/c1-5-12-22(26(2,3)4)31-23(28)18-17-21(25(29)30)27-24(19-13-8-6-9-14-19)20-15-10-7-11-16-20/h6-11,13-16,21-22H,5,12,17-18H2,1-4H3,(H,29,30)/t21?,22-/m0/s1. The fraction of sp³-hybridized carbons (Fsp3) is 0.423. The molecule has 0 saturated carbocycles. The first kappa shape index (κ1) is 24.3. The van der Waals surface area contributed by atoms with Gasteiger partial charge in [-0.1, -0.05) is 94.8 Å². The van der Waals surface area contributed by atoms with E-state index in [4.69, 9.17) is 4.74 Å². The molecule has 1 N–H and O–H groups in total. The summed E-state index contributed by atoms with van der Waals surface area (Å²) in [4.78, 5) is 29.0. The van der Waals surface area contributed by atoms with E-state index in [0.717, 1.165) is 24.0 Å². The Hall–Kier alpha value is -2.95. The molecular weight excluding hydrogens is 390 g/mol. The van der Waals surface area contributed by atoms with Crippen molar-refractivity contribution in [3.05, 3.63) is 71.8 Å². The van der Waals surface area contributed by atoms with Gasteiger partial charge < -0.3 is 9.84 Å². The lowest BCUT2D eigenvalue weighted by Crippen LogP contribution is -2.32. The number of benzene rings is 2. The third-order valence-corrected chi connectivity index (χ3v) is 5.08. The van der Waals surface area contributed by atoms with Gasteiger partial charge in [0.2, 0.25) is 0 Å². The Labute approximate surface area is 185 Å². The van der Waals surface area contributed by atoms with Gasteiger partial charge in [0, 0.05) is 17.5 Å². The first-order valence-corrected chi connectivity index (χ1v) is 10.8. The van der Waals surface area contributed by atoms with Crippen LogP contribution >= 0.6 is 0 Å². The molecule has 2 rings (SSSR count). The Bertz CT molecular complexity index is 828. The molecule has 0 spiro atoms. The topological polar surface area (TPSA) is 76.0 Å². The van der Waals surface area contributed by atoms with Crippen LogP contribution in [0, 0.1) is 5.41 Å². The van der Waals surface area contributed by atoms with Crippen LogP contribution in [-0.4, -0.2) is 34.9 Å². The van der Waals surface area contributed by atoms with E-state index < -0.39 is 12.0 Å². The SMILES string of the molecule is CCC[C@H](OC(=O)CCC(N=C(c1ccccc1)c1ccccc1)C(=O)O)C(C)(C)C. The summed E-state index contributed by atoms with van der Waals surface area (Å²) in [6.07, 6.45) is 1.59. The first-order valence-electron chi connectivity index (χ1n) is 10.8. The number of rotatable bonds is 10. The number of esters is 1. The molecule has 0 amide bonds. The number of carbonyl (C=O) groups excluding carboxylic acids is 1. The minimum atomic E-state index is -1.06. The van der Waals surface area contributed by atoms with Crippen LogP contribution in [0.2, 0.25) is 0 Å². The molecule has 0 fully saturated rings. The number of nitrogens with zero attached hydrogens (tertiary/aromatic N) is 1. The Morgan fingerprint density at radius 3 is 1.87 bits per heavy atom. The first-order chi connectivity index (χ1) is 14.7. The third-order valence-electron chi connectivity index (χ3n) is 5.08. The van der Waals surface area contributed by atoms with Gasteiger partial charge in [-0.3, -0.25) is 9.79 Å². The second-order valence-corrected chi connectivity index (χ2v) is 8.74. The molecule has 0 saturated heterocycles. The molecule has 2 atom stereocenters. The maximum Gasteiger partial charge on any atom is 0.328 e. The monoisotopic (exact) mass is 423 g/mol. The number of hydrogen-bond donors (Lipinski definition) is 1. The molecule has 0 aliphatic carbocycles. The minimum absolute atomic E-state index is 0.00756. The predicted molar refractivity (Wildman–Crippen MR) is 123 cm³/mol. The highest BCUT2D eigenvalue weighted by Crippen LogP contribution is 2.26. The number of aliphatic imine (C=N–C) groups is 1. The van der Waals surface area contributed by atoms with Gasteiger partial charge in [0.05, 0.1) is 5.71 Å². The molecule has 2 aromatic rings. The van der Waals surface area contributed by atoms with Crippen molar-refractivity contribution in [1.82, 2.24) is 0 Å². The highest BCUT2D eigenvalue weighted by molar-refractivity contribution is 6.13. The normalized spacial score (nSPS) is 13.2. The van der Waals surface area contributed by atoms with Crippen LogP contribution in [0.5, 0.6) is 0 Å². The molecule has 0 aromatic heterocycles. The van der Waals surface area contributed by atoms with Gasteiger partial charge in [-0.15, -0.1) is 0 Å². The quantitative estimate of drug-likeness (QED) is 0.403. The van der Waals surface area contributed by atoms with Gasteiger partial charge in [0.15, 0.2) is 0 Å². The molecule has 0 aliphatic rings. The maximum absolute atomic E-state index is 12.5. The van der Waals surface area contributed by atoms with Crippen LogP contribution < -0.4 is 0 Å². The number of carboxylic acid groups (broad SMARTS) is 1. The summed E-state index contributed by atoms with van der Waals surface area (Å²) < 4.78 is 5.68. The highest BCUT2D eigenvalue weighted by atomic mass is 16.5. The lowest BCUT2D eigenvalue weighted by atomic mass is 9.86. The van der Waals surface area contributed by atoms with Gasteiger partial charge >= 0.3 is 11.9 Å². The molecule has 166 valence electrons. The Balaban J connectivity index is 2.20. The summed E-state index contributed by atoms with van der Waals surface area (Å²) in [5, 5.41) is 9.77. The van der Waals surface area contributed by atoms with E-state index in [1.807, 2.05) is 81.4 Å². The van der Waals surface area contributed by atoms with Crippen LogP contribution in [0.15, 0.2) is 65.7 Å². The number of carboxylic acids is 1. The average Bonchev–Trinajstić information content (AvgIpc) is 2.74. The van der Waals surface area contributed by atoms with Gasteiger partial charge in [-0.25, -0.2) is 4.79 Å². The summed E-state index contributed by atoms with van der Waals surface area (Å²) in [6.45, 7) is 8.17. The molecular formula is C26H33NO4. The van der Waals surface area contributed by atoms with E-state index in [9.17, 15) is 14.7 Å². The molecule has 0 heterocycles. The summed E-state index contributed by atoms with van der Waals surface area (Å²) in [6, 6.07) is 17.9. The van der Waals surface area contributed by atoms with Crippen molar-refractivity contribution in [2.24, 2.45) is 10.4 Å². The predicted octanol–water partition coefficient (Wildman–Crippen LogP) is 5.52. The second-order valence-electron chi connectivity index (χ2n) is 8.74. The fourth-order valence-corrected chi connectivity index (χ4v) is 3.31. The van der Waals surface area contributed by atoms with E-state index in [2.05, 4.69) is 11.9 Å². The van der Waals surface area contributed by atoms with Crippen molar-refractivity contribution in [2.75, 3.05) is 0 Å². The van der Waals surface area contributed by atoms with E-state index in [-0.39, 0.29) is 30.3 Å². The van der Waals surface area contributed by atoms with Crippen molar-refractivity contribution >= 4 is 17.7 Å². The van der Waals surface area contributed by atoms with Crippen LogP contribution in [-0.2, 0) is 14.3 Å². The molecule has 0 bridgehead atoms. The summed E-state index contributed by atoms with van der Waals surface area (Å²) in [5.41, 5.74) is 2.10. The van der Waals surface area contributed by atoms with Crippen LogP contribution in [0.25, 0.3) is 0 Å². The summed E-state index contributed by atoms with van der Waals surface area (Å²) in [5.74, 6) is -1.44. The molecule has 1 unspecified atom stereocenters. The van der Waals surface area contributed by atoms with Crippen molar-refractivity contribution in [2.45, 2.75) is 65.5 Å². The largest absolute Gasteiger partial charge is 0.480 e. The molecule has 5 heteroatoms. The number of hydrogen-bond acceptors (Lipinski definition) is 4. The molecule has 31 heavy (non-hydrogen) atoms. The van der Waals surface area contributed by atoms with Crippen molar-refractivity contribution in [1.29, 1.82) is 0 Å². The number of carbonyl (C=O) groups is 2. The highest BCUT2D eigenvalue weighted by Gasteiger charge is 2.28. The third kappa shape index (κ3) is 7.67. The molecule has 0 aliphatic heterocycles. The number of aliphatic carboxylic acids is 1. The zero-order valence-electron chi connectivity index (χ0n) is 18.9. The van der Waals surface area contributed by atoms with Crippen LogP contribution in [0.1, 0.15) is 64.5 Å². The lowest BCUT2D eigenvalue weighted by molar-refractivity contribution is -0.155. The Kier molecular flexibility index (Phi) is 8.98.